The van der Waals surface area contributed by atoms with Gasteiger partial charge < -0.3 is 5.32 Å². The highest BCUT2D eigenvalue weighted by molar-refractivity contribution is 9.10. The Bertz CT molecular complexity index is 1060. The molecule has 0 unspecified atom stereocenters. The summed E-state index contributed by atoms with van der Waals surface area (Å²) in [5.41, 5.74) is 3.20. The summed E-state index contributed by atoms with van der Waals surface area (Å²) in [7, 11) is 0. The molecule has 4 rings (SSSR count). The maximum absolute atomic E-state index is 12.2. The number of amides is 2. The monoisotopic (exact) mass is 393 g/mol. The van der Waals surface area contributed by atoms with Gasteiger partial charge in [-0.1, -0.05) is 22.0 Å². The van der Waals surface area contributed by atoms with Crippen LogP contribution in [0.4, 0.5) is 5.69 Å². The van der Waals surface area contributed by atoms with Gasteiger partial charge in [0.25, 0.3) is 11.8 Å². The molecule has 2 N–H and O–H groups in total. The molecule has 3 aromatic rings. The number of nitrogens with zero attached hydrogens (tertiary/aromatic N) is 1. The van der Waals surface area contributed by atoms with E-state index in [-0.39, 0.29) is 5.91 Å². The van der Waals surface area contributed by atoms with E-state index in [1.54, 1.807) is 30.6 Å². The van der Waals surface area contributed by atoms with Crippen molar-refractivity contribution in [2.24, 2.45) is 0 Å². The largest absolute Gasteiger partial charge is 0.361 e. The first kappa shape index (κ1) is 15.5. The van der Waals surface area contributed by atoms with Gasteiger partial charge in [0.2, 0.25) is 0 Å². The molecule has 0 radical (unpaired) electrons. The summed E-state index contributed by atoms with van der Waals surface area (Å²) in [5.74, 6) is -0.813. The minimum absolute atomic E-state index is 0.388. The lowest BCUT2D eigenvalue weighted by molar-refractivity contribution is -0.114. The second-order valence-electron chi connectivity index (χ2n) is 5.59. The van der Waals surface area contributed by atoms with E-state index in [4.69, 9.17) is 0 Å². The standard InChI is InChI=1S/C19H12BrN3O2/c20-12-3-5-14-15(9-12)16(19(25)23-18(14)24)10-22-13-4-6-17-11(8-13)2-1-7-21-17/h1-10,22H,(H,23,24,25)/b16-10-. The van der Waals surface area contributed by atoms with Gasteiger partial charge in [-0.3, -0.25) is 19.9 Å². The molecule has 5 nitrogen and oxygen atoms in total. The van der Waals surface area contributed by atoms with Gasteiger partial charge in [0.1, 0.15) is 0 Å². The number of carbonyl (C=O) groups is 2. The van der Waals surface area contributed by atoms with Crippen LogP contribution in [0.25, 0.3) is 16.5 Å². The molecule has 2 heterocycles. The van der Waals surface area contributed by atoms with Crippen molar-refractivity contribution in [3.05, 3.63) is 76.5 Å². The van der Waals surface area contributed by atoms with Gasteiger partial charge >= 0.3 is 0 Å². The van der Waals surface area contributed by atoms with E-state index in [2.05, 4.69) is 31.5 Å². The Kier molecular flexibility index (Phi) is 3.82. The van der Waals surface area contributed by atoms with Crippen LogP contribution in [-0.2, 0) is 4.79 Å². The quantitative estimate of drug-likeness (QED) is 0.514. The van der Waals surface area contributed by atoms with E-state index in [9.17, 15) is 9.59 Å². The number of rotatable bonds is 2. The van der Waals surface area contributed by atoms with Gasteiger partial charge in [-0.25, -0.2) is 0 Å². The average molecular weight is 394 g/mol. The Morgan fingerprint density at radius 2 is 1.88 bits per heavy atom. The molecule has 6 heteroatoms. The molecule has 2 amide bonds. The zero-order valence-electron chi connectivity index (χ0n) is 12.9. The molecule has 25 heavy (non-hydrogen) atoms. The van der Waals surface area contributed by atoms with Crippen molar-refractivity contribution in [1.29, 1.82) is 0 Å². The summed E-state index contributed by atoms with van der Waals surface area (Å²) in [6, 6.07) is 14.8. The number of halogens is 1. The van der Waals surface area contributed by atoms with Gasteiger partial charge in [0.05, 0.1) is 11.1 Å². The average Bonchev–Trinajstić information content (AvgIpc) is 2.61. The van der Waals surface area contributed by atoms with Crippen LogP contribution in [0.2, 0.25) is 0 Å². The van der Waals surface area contributed by atoms with Crippen molar-refractivity contribution in [2.75, 3.05) is 5.32 Å². The predicted octanol–water partition coefficient (Wildman–Crippen LogP) is 3.72. The van der Waals surface area contributed by atoms with E-state index in [0.29, 0.717) is 16.7 Å². The zero-order valence-corrected chi connectivity index (χ0v) is 14.5. The molecule has 0 spiro atoms. The normalized spacial score (nSPS) is 15.2. The number of pyridine rings is 1. The van der Waals surface area contributed by atoms with Crippen LogP contribution in [0.3, 0.4) is 0 Å². The summed E-state index contributed by atoms with van der Waals surface area (Å²) in [4.78, 5) is 28.5. The van der Waals surface area contributed by atoms with Gasteiger partial charge in [0, 0.05) is 39.1 Å². The maximum atomic E-state index is 12.2. The Morgan fingerprint density at radius 3 is 2.76 bits per heavy atom. The molecule has 1 aliphatic rings. The number of hydrogen-bond donors (Lipinski definition) is 2. The van der Waals surface area contributed by atoms with Crippen LogP contribution in [0.15, 0.2) is 65.4 Å². The van der Waals surface area contributed by atoms with Crippen molar-refractivity contribution < 1.29 is 9.59 Å². The van der Waals surface area contributed by atoms with Crippen molar-refractivity contribution in [2.45, 2.75) is 0 Å². The van der Waals surface area contributed by atoms with Crippen molar-refractivity contribution >= 4 is 49.9 Å². The number of imide groups is 1. The topological polar surface area (TPSA) is 71.1 Å². The number of anilines is 1. The molecule has 0 atom stereocenters. The van der Waals surface area contributed by atoms with E-state index in [0.717, 1.165) is 21.1 Å². The SMILES string of the molecule is O=C1NC(=O)c2ccc(Br)cc2/C1=C/Nc1ccc2ncccc2c1. The van der Waals surface area contributed by atoms with Crippen LogP contribution in [0, 0.1) is 0 Å². The molecule has 0 fully saturated rings. The number of aromatic nitrogens is 1. The van der Waals surface area contributed by atoms with Crippen molar-refractivity contribution in [3.8, 4) is 0 Å². The first-order valence-electron chi connectivity index (χ1n) is 7.59. The number of benzene rings is 2. The van der Waals surface area contributed by atoms with Crippen LogP contribution in [-0.4, -0.2) is 16.8 Å². The minimum atomic E-state index is -0.425. The highest BCUT2D eigenvalue weighted by atomic mass is 79.9. The second kappa shape index (κ2) is 6.14. The van der Waals surface area contributed by atoms with E-state index in [1.165, 1.54) is 0 Å². The van der Waals surface area contributed by atoms with Crippen LogP contribution in [0.1, 0.15) is 15.9 Å². The third kappa shape index (κ3) is 2.92. The summed E-state index contributed by atoms with van der Waals surface area (Å²) in [6.07, 6.45) is 3.36. The third-order valence-corrected chi connectivity index (χ3v) is 4.47. The Morgan fingerprint density at radius 1 is 1.00 bits per heavy atom. The summed E-state index contributed by atoms with van der Waals surface area (Å²) >= 11 is 3.38. The Labute approximate surface area is 151 Å². The van der Waals surface area contributed by atoms with Gasteiger partial charge in [-0.2, -0.15) is 0 Å². The van der Waals surface area contributed by atoms with Crippen LogP contribution in [0.5, 0.6) is 0 Å². The molecule has 1 aliphatic heterocycles. The minimum Gasteiger partial charge on any atom is -0.361 e. The molecule has 0 saturated carbocycles. The highest BCUT2D eigenvalue weighted by Crippen LogP contribution is 2.27. The molecular weight excluding hydrogens is 382 g/mol. The molecule has 0 bridgehead atoms. The predicted molar refractivity (Wildman–Crippen MR) is 100.0 cm³/mol. The van der Waals surface area contributed by atoms with Crippen LogP contribution >= 0.6 is 15.9 Å². The van der Waals surface area contributed by atoms with E-state index in [1.807, 2.05) is 30.3 Å². The molecule has 2 aromatic carbocycles. The molecule has 0 aliphatic carbocycles. The number of carbonyl (C=O) groups excluding carboxylic acids is 2. The molecule has 122 valence electrons. The first-order valence-corrected chi connectivity index (χ1v) is 8.38. The maximum Gasteiger partial charge on any atom is 0.260 e. The fourth-order valence-electron chi connectivity index (χ4n) is 2.76. The third-order valence-electron chi connectivity index (χ3n) is 3.97. The lowest BCUT2D eigenvalue weighted by Crippen LogP contribution is -2.36. The van der Waals surface area contributed by atoms with Gasteiger partial charge in [-0.05, 0) is 42.5 Å². The highest BCUT2D eigenvalue weighted by Gasteiger charge is 2.27. The Hall–Kier alpha value is -2.99. The number of fused-ring (bicyclic) bond motifs is 2. The second-order valence-corrected chi connectivity index (χ2v) is 6.50. The first-order chi connectivity index (χ1) is 12.1. The van der Waals surface area contributed by atoms with Gasteiger partial charge in [0.15, 0.2) is 0 Å². The van der Waals surface area contributed by atoms with Gasteiger partial charge in [-0.15, -0.1) is 0 Å². The van der Waals surface area contributed by atoms with Crippen LogP contribution < -0.4 is 10.6 Å². The fraction of sp³-hybridized carbons (Fsp3) is 0. The molecule has 0 saturated heterocycles. The number of hydrogen-bond acceptors (Lipinski definition) is 4. The van der Waals surface area contributed by atoms with Crippen molar-refractivity contribution in [1.82, 2.24) is 10.3 Å². The van der Waals surface area contributed by atoms with Crippen molar-refractivity contribution in [3.63, 3.8) is 0 Å². The molecular formula is C19H12BrN3O2. The summed E-state index contributed by atoms with van der Waals surface area (Å²) < 4.78 is 0.802. The Balaban J connectivity index is 1.72. The summed E-state index contributed by atoms with van der Waals surface area (Å²) in [5, 5.41) is 6.49. The molecule has 1 aromatic heterocycles. The lowest BCUT2D eigenvalue weighted by atomic mass is 9.95. The van der Waals surface area contributed by atoms with E-state index >= 15 is 0 Å². The number of nitrogens with one attached hydrogen (secondary N) is 2. The smallest absolute Gasteiger partial charge is 0.260 e. The van der Waals surface area contributed by atoms with E-state index < -0.39 is 5.91 Å². The zero-order chi connectivity index (χ0) is 17.4. The summed E-state index contributed by atoms with van der Waals surface area (Å²) in [6.45, 7) is 0. The lowest BCUT2D eigenvalue weighted by Gasteiger charge is -2.18. The fourth-order valence-corrected chi connectivity index (χ4v) is 3.12.